The molecule has 2 amide bonds. The maximum absolute atomic E-state index is 11.2. The Hall–Kier alpha value is -0.770. The van der Waals surface area contributed by atoms with Crippen LogP contribution in [0.25, 0.3) is 0 Å². The van der Waals surface area contributed by atoms with Crippen LogP contribution in [0.5, 0.6) is 0 Å². The Kier molecular flexibility index (Phi) is 6.32. The number of rotatable bonds is 5. The number of aliphatic hydroxyl groups is 1. The van der Waals surface area contributed by atoms with E-state index in [4.69, 9.17) is 5.11 Å². The van der Waals surface area contributed by atoms with Crippen molar-refractivity contribution in [2.75, 3.05) is 20.1 Å². The summed E-state index contributed by atoms with van der Waals surface area (Å²) in [6, 6.07) is -0.0481. The van der Waals surface area contributed by atoms with Crippen molar-refractivity contribution < 1.29 is 9.90 Å². The van der Waals surface area contributed by atoms with Crippen molar-refractivity contribution in [3.05, 3.63) is 0 Å². The Morgan fingerprint density at radius 2 is 2.23 bits per heavy atom. The van der Waals surface area contributed by atoms with Crippen LogP contribution in [-0.4, -0.2) is 42.3 Å². The Morgan fingerprint density at radius 3 is 2.69 bits per heavy atom. The SMILES string of the molecule is CCN(C)C(=O)NCCCC(C)O. The van der Waals surface area contributed by atoms with E-state index in [1.807, 2.05) is 6.92 Å². The molecule has 0 aliphatic rings. The summed E-state index contributed by atoms with van der Waals surface area (Å²) >= 11 is 0. The number of hydrogen-bond acceptors (Lipinski definition) is 2. The highest BCUT2D eigenvalue weighted by Gasteiger charge is 2.04. The highest BCUT2D eigenvalue weighted by Crippen LogP contribution is 1.93. The lowest BCUT2D eigenvalue weighted by atomic mass is 10.2. The van der Waals surface area contributed by atoms with E-state index < -0.39 is 0 Å². The van der Waals surface area contributed by atoms with Gasteiger partial charge in [0.15, 0.2) is 0 Å². The number of nitrogens with zero attached hydrogens (tertiary/aromatic N) is 1. The van der Waals surface area contributed by atoms with Gasteiger partial charge in [-0.05, 0) is 26.7 Å². The lowest BCUT2D eigenvalue weighted by Crippen LogP contribution is -2.37. The fourth-order valence-electron chi connectivity index (χ4n) is 0.871. The molecule has 0 radical (unpaired) electrons. The standard InChI is InChI=1S/C9H20N2O2/c1-4-11(3)9(13)10-7-5-6-8(2)12/h8,12H,4-7H2,1-3H3,(H,10,13). The molecule has 78 valence electrons. The van der Waals surface area contributed by atoms with E-state index in [0.717, 1.165) is 12.8 Å². The van der Waals surface area contributed by atoms with Crippen LogP contribution in [0.3, 0.4) is 0 Å². The van der Waals surface area contributed by atoms with Gasteiger partial charge in [0, 0.05) is 20.1 Å². The third kappa shape index (κ3) is 6.40. The van der Waals surface area contributed by atoms with E-state index in [2.05, 4.69) is 5.32 Å². The van der Waals surface area contributed by atoms with E-state index in [-0.39, 0.29) is 12.1 Å². The third-order valence-corrected chi connectivity index (χ3v) is 1.90. The molecule has 0 aromatic rings. The Labute approximate surface area is 79.9 Å². The van der Waals surface area contributed by atoms with Crippen LogP contribution < -0.4 is 5.32 Å². The van der Waals surface area contributed by atoms with E-state index in [9.17, 15) is 4.79 Å². The van der Waals surface area contributed by atoms with Crippen molar-refractivity contribution in [3.8, 4) is 0 Å². The second kappa shape index (κ2) is 6.71. The van der Waals surface area contributed by atoms with Crippen LogP contribution in [0.1, 0.15) is 26.7 Å². The molecule has 0 rings (SSSR count). The molecule has 0 saturated heterocycles. The zero-order chi connectivity index (χ0) is 10.3. The average Bonchev–Trinajstić information content (AvgIpc) is 2.10. The van der Waals surface area contributed by atoms with Gasteiger partial charge in [0.2, 0.25) is 0 Å². The monoisotopic (exact) mass is 188 g/mol. The van der Waals surface area contributed by atoms with Crippen LogP contribution in [-0.2, 0) is 0 Å². The normalized spacial score (nSPS) is 12.3. The number of nitrogens with one attached hydrogen (secondary N) is 1. The van der Waals surface area contributed by atoms with Crippen molar-refractivity contribution in [2.45, 2.75) is 32.8 Å². The van der Waals surface area contributed by atoms with Gasteiger partial charge >= 0.3 is 6.03 Å². The summed E-state index contributed by atoms with van der Waals surface area (Å²) in [6.07, 6.45) is 1.28. The molecular weight excluding hydrogens is 168 g/mol. The average molecular weight is 188 g/mol. The Bertz CT molecular complexity index is 149. The van der Waals surface area contributed by atoms with Gasteiger partial charge in [-0.15, -0.1) is 0 Å². The summed E-state index contributed by atoms with van der Waals surface area (Å²) in [5.74, 6) is 0. The van der Waals surface area contributed by atoms with Crippen molar-refractivity contribution >= 4 is 6.03 Å². The smallest absolute Gasteiger partial charge is 0.317 e. The van der Waals surface area contributed by atoms with Crippen LogP contribution in [0.2, 0.25) is 0 Å². The number of hydrogen-bond donors (Lipinski definition) is 2. The molecule has 0 aliphatic heterocycles. The summed E-state index contributed by atoms with van der Waals surface area (Å²) in [7, 11) is 1.75. The number of aliphatic hydroxyl groups excluding tert-OH is 1. The zero-order valence-corrected chi connectivity index (χ0v) is 8.71. The van der Waals surface area contributed by atoms with Gasteiger partial charge in [0.05, 0.1) is 6.10 Å². The Morgan fingerprint density at radius 1 is 1.62 bits per heavy atom. The number of carbonyl (C=O) groups excluding carboxylic acids is 1. The highest BCUT2D eigenvalue weighted by molar-refractivity contribution is 5.73. The molecule has 13 heavy (non-hydrogen) atoms. The van der Waals surface area contributed by atoms with Crippen molar-refractivity contribution in [1.82, 2.24) is 10.2 Å². The van der Waals surface area contributed by atoms with Gasteiger partial charge in [0.25, 0.3) is 0 Å². The summed E-state index contributed by atoms with van der Waals surface area (Å²) in [6.45, 7) is 5.02. The number of amides is 2. The second-order valence-corrected chi connectivity index (χ2v) is 3.24. The van der Waals surface area contributed by atoms with E-state index >= 15 is 0 Å². The minimum atomic E-state index is -0.277. The second-order valence-electron chi connectivity index (χ2n) is 3.24. The van der Waals surface area contributed by atoms with E-state index in [0.29, 0.717) is 13.1 Å². The quantitative estimate of drug-likeness (QED) is 0.627. The summed E-state index contributed by atoms with van der Waals surface area (Å²) < 4.78 is 0. The van der Waals surface area contributed by atoms with E-state index in [1.54, 1.807) is 18.9 Å². The largest absolute Gasteiger partial charge is 0.393 e. The molecule has 0 aromatic carbocycles. The maximum atomic E-state index is 11.2. The van der Waals surface area contributed by atoms with Gasteiger partial charge < -0.3 is 15.3 Å². The predicted molar refractivity (Wildman–Crippen MR) is 52.6 cm³/mol. The molecule has 0 fully saturated rings. The first-order valence-electron chi connectivity index (χ1n) is 4.75. The van der Waals surface area contributed by atoms with Crippen LogP contribution in [0.4, 0.5) is 4.79 Å². The van der Waals surface area contributed by atoms with Crippen LogP contribution in [0, 0.1) is 0 Å². The number of carbonyl (C=O) groups is 1. The molecule has 0 bridgehead atoms. The minimum absolute atomic E-state index is 0.0481. The molecule has 0 aromatic heterocycles. The van der Waals surface area contributed by atoms with Crippen molar-refractivity contribution in [3.63, 3.8) is 0 Å². The summed E-state index contributed by atoms with van der Waals surface area (Å²) in [4.78, 5) is 12.8. The van der Waals surface area contributed by atoms with Crippen LogP contribution in [0.15, 0.2) is 0 Å². The first-order chi connectivity index (χ1) is 6.07. The predicted octanol–water partition coefficient (Wildman–Crippen LogP) is 0.809. The molecule has 4 heteroatoms. The van der Waals surface area contributed by atoms with Crippen LogP contribution >= 0.6 is 0 Å². The highest BCUT2D eigenvalue weighted by atomic mass is 16.3. The van der Waals surface area contributed by atoms with E-state index in [1.165, 1.54) is 0 Å². The molecule has 1 unspecified atom stereocenters. The van der Waals surface area contributed by atoms with Gasteiger partial charge in [0.1, 0.15) is 0 Å². The Balaban J connectivity index is 3.37. The maximum Gasteiger partial charge on any atom is 0.317 e. The van der Waals surface area contributed by atoms with Gasteiger partial charge in [-0.2, -0.15) is 0 Å². The van der Waals surface area contributed by atoms with Gasteiger partial charge in [-0.1, -0.05) is 0 Å². The third-order valence-electron chi connectivity index (χ3n) is 1.90. The molecule has 0 aliphatic carbocycles. The zero-order valence-electron chi connectivity index (χ0n) is 8.71. The number of urea groups is 1. The first kappa shape index (κ1) is 12.2. The molecule has 2 N–H and O–H groups in total. The topological polar surface area (TPSA) is 52.6 Å². The molecule has 4 nitrogen and oxygen atoms in total. The van der Waals surface area contributed by atoms with Gasteiger partial charge in [-0.3, -0.25) is 0 Å². The molecule has 1 atom stereocenters. The molecular formula is C9H20N2O2. The molecule has 0 spiro atoms. The van der Waals surface area contributed by atoms with Gasteiger partial charge in [-0.25, -0.2) is 4.79 Å². The fraction of sp³-hybridized carbons (Fsp3) is 0.889. The lowest BCUT2D eigenvalue weighted by Gasteiger charge is -2.15. The minimum Gasteiger partial charge on any atom is -0.393 e. The summed E-state index contributed by atoms with van der Waals surface area (Å²) in [5, 5.41) is 11.7. The van der Waals surface area contributed by atoms with Crippen molar-refractivity contribution in [1.29, 1.82) is 0 Å². The van der Waals surface area contributed by atoms with Crippen molar-refractivity contribution in [2.24, 2.45) is 0 Å². The summed E-state index contributed by atoms with van der Waals surface area (Å²) in [5.41, 5.74) is 0. The first-order valence-corrected chi connectivity index (χ1v) is 4.75. The fourth-order valence-corrected chi connectivity index (χ4v) is 0.871. The lowest BCUT2D eigenvalue weighted by molar-refractivity contribution is 0.179. The molecule has 0 saturated carbocycles. The molecule has 0 heterocycles.